The average molecular weight is 188 g/mol. The lowest BCUT2D eigenvalue weighted by atomic mass is 11.0. The number of hydroxylamine groups is 4. The van der Waals surface area contributed by atoms with E-state index in [9.17, 15) is 0 Å². The van der Waals surface area contributed by atoms with Gasteiger partial charge in [-0.2, -0.15) is 10.1 Å². The molecule has 0 aliphatic carbocycles. The van der Waals surface area contributed by atoms with Crippen LogP contribution in [0.1, 0.15) is 0 Å². The summed E-state index contributed by atoms with van der Waals surface area (Å²) in [4.78, 5) is 9.82. The van der Waals surface area contributed by atoms with Crippen molar-refractivity contribution in [2.75, 3.05) is 28.2 Å². The molecule has 0 fully saturated rings. The first-order valence-corrected chi connectivity index (χ1v) is 3.76. The first kappa shape index (κ1) is 11.8. The molecule has 0 aromatic carbocycles. The molecule has 0 rings (SSSR count). The Hall–Kier alpha value is -1.20. The van der Waals surface area contributed by atoms with Crippen LogP contribution in [0, 0.1) is 0 Å². The number of ether oxygens (including phenoxy) is 1. The number of hydrogen-bond donors (Lipinski definition) is 0. The first-order valence-electron chi connectivity index (χ1n) is 3.76. The lowest BCUT2D eigenvalue weighted by Crippen LogP contribution is -2.07. The van der Waals surface area contributed by atoms with E-state index in [1.54, 1.807) is 38.3 Å². The molecule has 5 heteroatoms. The second-order valence-electron chi connectivity index (χ2n) is 2.52. The summed E-state index contributed by atoms with van der Waals surface area (Å²) in [5.41, 5.74) is 0. The van der Waals surface area contributed by atoms with Crippen molar-refractivity contribution in [3.8, 4) is 0 Å². The summed E-state index contributed by atoms with van der Waals surface area (Å²) in [6, 6.07) is 0. The van der Waals surface area contributed by atoms with Gasteiger partial charge in [-0.05, 0) is 0 Å². The lowest BCUT2D eigenvalue weighted by molar-refractivity contribution is -0.0590. The molecule has 5 nitrogen and oxygen atoms in total. The molecular formula is C8H16N2O3. The van der Waals surface area contributed by atoms with Crippen LogP contribution in [-0.2, 0) is 14.4 Å². The Morgan fingerprint density at radius 3 is 1.38 bits per heavy atom. The van der Waals surface area contributed by atoms with E-state index in [2.05, 4.69) is 0 Å². The maximum Gasteiger partial charge on any atom is 0.146 e. The Bertz CT molecular complexity index is 149. The molecule has 0 atom stereocenters. The fourth-order valence-corrected chi connectivity index (χ4v) is 0.403. The molecule has 0 radical (unpaired) electrons. The number of nitrogens with zero attached hydrogens (tertiary/aromatic N) is 2. The molecule has 0 amide bonds. The number of rotatable bonds is 6. The molecule has 0 heterocycles. The van der Waals surface area contributed by atoms with Gasteiger partial charge in [0.25, 0.3) is 0 Å². The predicted molar refractivity (Wildman–Crippen MR) is 48.9 cm³/mol. The van der Waals surface area contributed by atoms with Gasteiger partial charge in [0.15, 0.2) is 0 Å². The smallest absolute Gasteiger partial charge is 0.146 e. The van der Waals surface area contributed by atoms with Crippen LogP contribution >= 0.6 is 0 Å². The van der Waals surface area contributed by atoms with E-state index in [1.807, 2.05) is 0 Å². The number of hydrogen-bond acceptors (Lipinski definition) is 5. The highest BCUT2D eigenvalue weighted by atomic mass is 16.7. The van der Waals surface area contributed by atoms with E-state index in [4.69, 9.17) is 14.4 Å². The van der Waals surface area contributed by atoms with Crippen LogP contribution < -0.4 is 0 Å². The fourth-order valence-electron chi connectivity index (χ4n) is 0.403. The van der Waals surface area contributed by atoms with Crippen LogP contribution in [0.3, 0.4) is 0 Å². The van der Waals surface area contributed by atoms with Crippen LogP contribution in [0.25, 0.3) is 0 Å². The molecule has 0 unspecified atom stereocenters. The zero-order valence-electron chi connectivity index (χ0n) is 8.43. The fraction of sp³-hybridized carbons (Fsp3) is 0.500. The lowest BCUT2D eigenvalue weighted by Gasteiger charge is -2.06. The molecule has 0 aliphatic rings. The monoisotopic (exact) mass is 188 g/mol. The second kappa shape index (κ2) is 7.45. The van der Waals surface area contributed by atoms with Gasteiger partial charge >= 0.3 is 0 Å². The van der Waals surface area contributed by atoms with E-state index in [0.717, 1.165) is 0 Å². The Kier molecular flexibility index (Phi) is 6.76. The average Bonchev–Trinajstić information content (AvgIpc) is 2.01. The zero-order valence-corrected chi connectivity index (χ0v) is 8.43. The molecular weight excluding hydrogens is 172 g/mol. The zero-order chi connectivity index (χ0) is 10.1. The van der Waals surface area contributed by atoms with Crippen molar-refractivity contribution in [3.63, 3.8) is 0 Å². The van der Waals surface area contributed by atoms with Gasteiger partial charge in [0.05, 0.1) is 0 Å². The van der Waals surface area contributed by atoms with Crippen molar-refractivity contribution in [2.24, 2.45) is 0 Å². The first-order chi connectivity index (χ1) is 6.13. The molecule has 0 bridgehead atoms. The minimum Gasteiger partial charge on any atom is -0.466 e. The third kappa shape index (κ3) is 10.8. The Labute approximate surface area is 78.7 Å². The van der Waals surface area contributed by atoms with Gasteiger partial charge < -0.3 is 14.4 Å². The minimum absolute atomic E-state index is 1.40. The molecule has 0 saturated carbocycles. The maximum atomic E-state index is 4.91. The quantitative estimate of drug-likeness (QED) is 0.457. The summed E-state index contributed by atoms with van der Waals surface area (Å²) >= 11 is 0. The molecule has 13 heavy (non-hydrogen) atoms. The van der Waals surface area contributed by atoms with Crippen LogP contribution in [0.5, 0.6) is 0 Å². The van der Waals surface area contributed by atoms with E-state index >= 15 is 0 Å². The van der Waals surface area contributed by atoms with Gasteiger partial charge in [0, 0.05) is 28.2 Å². The molecule has 0 saturated heterocycles. The standard InChI is InChI=1S/C8H16N2O3/c1-9(2)12-7-5-11-6-8-13-10(3)4/h5-8H,1-4H3. The molecule has 0 aromatic rings. The van der Waals surface area contributed by atoms with Crippen molar-refractivity contribution < 1.29 is 14.4 Å². The topological polar surface area (TPSA) is 34.2 Å². The molecule has 0 N–H and O–H groups in total. The van der Waals surface area contributed by atoms with E-state index in [1.165, 1.54) is 25.0 Å². The molecule has 0 aromatic heterocycles. The maximum absolute atomic E-state index is 4.91. The van der Waals surface area contributed by atoms with E-state index in [0.29, 0.717) is 0 Å². The van der Waals surface area contributed by atoms with Crippen LogP contribution in [0.15, 0.2) is 25.0 Å². The van der Waals surface area contributed by atoms with Gasteiger partial charge in [0.2, 0.25) is 0 Å². The van der Waals surface area contributed by atoms with Gasteiger partial charge in [-0.1, -0.05) is 0 Å². The van der Waals surface area contributed by atoms with Crippen LogP contribution in [0.4, 0.5) is 0 Å². The minimum atomic E-state index is 1.40. The second-order valence-corrected chi connectivity index (χ2v) is 2.52. The van der Waals surface area contributed by atoms with Gasteiger partial charge in [-0.25, -0.2) is 0 Å². The highest BCUT2D eigenvalue weighted by Gasteiger charge is 1.81. The van der Waals surface area contributed by atoms with Crippen molar-refractivity contribution in [2.45, 2.75) is 0 Å². The highest BCUT2D eigenvalue weighted by Crippen LogP contribution is 1.86. The van der Waals surface area contributed by atoms with Crippen LogP contribution in [-0.4, -0.2) is 38.3 Å². The summed E-state index contributed by atoms with van der Waals surface area (Å²) < 4.78 is 4.87. The molecule has 76 valence electrons. The summed E-state index contributed by atoms with van der Waals surface area (Å²) in [6.45, 7) is 0. The molecule has 0 aliphatic heterocycles. The van der Waals surface area contributed by atoms with Crippen molar-refractivity contribution in [1.29, 1.82) is 0 Å². The third-order valence-electron chi connectivity index (χ3n) is 0.812. The van der Waals surface area contributed by atoms with Gasteiger partial charge in [0.1, 0.15) is 25.0 Å². The Balaban J connectivity index is 3.33. The normalized spacial score (nSPS) is 11.8. The van der Waals surface area contributed by atoms with Crippen molar-refractivity contribution in [1.82, 2.24) is 10.1 Å². The van der Waals surface area contributed by atoms with Crippen molar-refractivity contribution >= 4 is 0 Å². The summed E-state index contributed by atoms with van der Waals surface area (Å²) in [6.07, 6.45) is 5.63. The summed E-state index contributed by atoms with van der Waals surface area (Å²) in [7, 11) is 7.09. The summed E-state index contributed by atoms with van der Waals surface area (Å²) in [5, 5.41) is 3.08. The Morgan fingerprint density at radius 1 is 0.692 bits per heavy atom. The van der Waals surface area contributed by atoms with Gasteiger partial charge in [-0.15, -0.1) is 0 Å². The SMILES string of the molecule is CN(C)OC=COC=CON(C)C. The highest BCUT2D eigenvalue weighted by molar-refractivity contribution is 4.68. The Morgan fingerprint density at radius 2 is 1.08 bits per heavy atom. The van der Waals surface area contributed by atoms with Crippen LogP contribution in [0.2, 0.25) is 0 Å². The molecule has 0 spiro atoms. The summed E-state index contributed by atoms with van der Waals surface area (Å²) in [5.74, 6) is 0. The third-order valence-corrected chi connectivity index (χ3v) is 0.812. The van der Waals surface area contributed by atoms with E-state index in [-0.39, 0.29) is 0 Å². The van der Waals surface area contributed by atoms with E-state index < -0.39 is 0 Å². The van der Waals surface area contributed by atoms with Crippen molar-refractivity contribution in [3.05, 3.63) is 25.0 Å². The predicted octanol–water partition coefficient (Wildman–Crippen LogP) is 0.932. The van der Waals surface area contributed by atoms with Gasteiger partial charge in [-0.3, -0.25) is 0 Å². The largest absolute Gasteiger partial charge is 0.466 e.